The summed E-state index contributed by atoms with van der Waals surface area (Å²) in [7, 11) is 2.08. The van der Waals surface area contributed by atoms with E-state index in [1.54, 1.807) is 0 Å². The van der Waals surface area contributed by atoms with Gasteiger partial charge in [0.2, 0.25) is 0 Å². The van der Waals surface area contributed by atoms with Crippen LogP contribution < -0.4 is 10.1 Å². The second kappa shape index (κ2) is 6.19. The summed E-state index contributed by atoms with van der Waals surface area (Å²) in [6.07, 6.45) is 5.06. The normalized spacial score (nSPS) is 20.9. The summed E-state index contributed by atoms with van der Waals surface area (Å²) in [6.45, 7) is 0.850. The molecule has 1 saturated heterocycles. The van der Waals surface area contributed by atoms with Crippen LogP contribution in [0.2, 0.25) is 0 Å². The number of hydrogen-bond acceptors (Lipinski definition) is 3. The standard InChI is InChI=1S/C16H23NOS/c1-17-15(11-12-6-9-19-10-7-12)14-4-2-3-13-5-8-18-16(13)14/h2-4,12,15,17H,5-11H2,1H3. The fraction of sp³-hybridized carbons (Fsp3) is 0.625. The van der Waals surface area contributed by atoms with E-state index in [1.807, 2.05) is 0 Å². The van der Waals surface area contributed by atoms with Crippen LogP contribution in [0.5, 0.6) is 5.75 Å². The number of hydrogen-bond donors (Lipinski definition) is 1. The summed E-state index contributed by atoms with van der Waals surface area (Å²) in [4.78, 5) is 0. The molecule has 0 aliphatic carbocycles. The first kappa shape index (κ1) is 13.3. The summed E-state index contributed by atoms with van der Waals surface area (Å²) < 4.78 is 5.86. The average Bonchev–Trinajstić information content (AvgIpc) is 2.94. The number of rotatable bonds is 4. The SMILES string of the molecule is CNC(CC1CCSCC1)c1cccc2c1OCC2. The Morgan fingerprint density at radius 3 is 3.00 bits per heavy atom. The van der Waals surface area contributed by atoms with Crippen LogP contribution in [-0.4, -0.2) is 25.2 Å². The van der Waals surface area contributed by atoms with Crippen molar-refractivity contribution in [3.8, 4) is 5.75 Å². The van der Waals surface area contributed by atoms with Crippen LogP contribution in [0.3, 0.4) is 0 Å². The summed E-state index contributed by atoms with van der Waals surface area (Å²) in [6, 6.07) is 7.07. The monoisotopic (exact) mass is 277 g/mol. The van der Waals surface area contributed by atoms with E-state index in [2.05, 4.69) is 42.3 Å². The van der Waals surface area contributed by atoms with Crippen LogP contribution in [0.1, 0.15) is 36.4 Å². The summed E-state index contributed by atoms with van der Waals surface area (Å²) >= 11 is 2.10. The zero-order chi connectivity index (χ0) is 13.1. The Hall–Kier alpha value is -0.670. The molecule has 1 atom stereocenters. The highest BCUT2D eigenvalue weighted by Crippen LogP contribution is 2.37. The van der Waals surface area contributed by atoms with Gasteiger partial charge >= 0.3 is 0 Å². The molecule has 0 aromatic heterocycles. The first-order valence-corrected chi connectivity index (χ1v) is 8.53. The third kappa shape index (κ3) is 2.92. The van der Waals surface area contributed by atoms with E-state index in [9.17, 15) is 0 Å². The highest BCUT2D eigenvalue weighted by atomic mass is 32.2. The maximum atomic E-state index is 5.86. The van der Waals surface area contributed by atoms with Gasteiger partial charge in [0.15, 0.2) is 0 Å². The van der Waals surface area contributed by atoms with Gasteiger partial charge in [0.1, 0.15) is 5.75 Å². The third-order valence-electron chi connectivity index (χ3n) is 4.38. The number of thioether (sulfide) groups is 1. The van der Waals surface area contributed by atoms with Crippen molar-refractivity contribution in [1.82, 2.24) is 5.32 Å². The highest BCUT2D eigenvalue weighted by Gasteiger charge is 2.24. The van der Waals surface area contributed by atoms with Crippen molar-refractivity contribution in [2.75, 3.05) is 25.2 Å². The van der Waals surface area contributed by atoms with Crippen molar-refractivity contribution in [2.45, 2.75) is 31.7 Å². The van der Waals surface area contributed by atoms with E-state index >= 15 is 0 Å². The van der Waals surface area contributed by atoms with Gasteiger partial charge in [0.05, 0.1) is 6.61 Å². The second-order valence-electron chi connectivity index (χ2n) is 5.57. The molecule has 2 nitrogen and oxygen atoms in total. The van der Waals surface area contributed by atoms with E-state index in [0.29, 0.717) is 6.04 Å². The van der Waals surface area contributed by atoms with Gasteiger partial charge in [-0.1, -0.05) is 18.2 Å². The highest BCUT2D eigenvalue weighted by molar-refractivity contribution is 7.99. The van der Waals surface area contributed by atoms with Crippen molar-refractivity contribution in [3.05, 3.63) is 29.3 Å². The van der Waals surface area contributed by atoms with Crippen LogP contribution in [-0.2, 0) is 6.42 Å². The number of benzene rings is 1. The molecule has 104 valence electrons. The molecule has 0 bridgehead atoms. The van der Waals surface area contributed by atoms with Gasteiger partial charge in [-0.15, -0.1) is 0 Å². The molecule has 1 fully saturated rings. The average molecular weight is 277 g/mol. The second-order valence-corrected chi connectivity index (χ2v) is 6.79. The summed E-state index contributed by atoms with van der Waals surface area (Å²) in [5.41, 5.74) is 2.76. The van der Waals surface area contributed by atoms with Crippen LogP contribution in [0.4, 0.5) is 0 Å². The molecule has 3 heteroatoms. The van der Waals surface area contributed by atoms with Crippen LogP contribution in [0, 0.1) is 5.92 Å². The van der Waals surface area contributed by atoms with Crippen molar-refractivity contribution in [1.29, 1.82) is 0 Å². The van der Waals surface area contributed by atoms with Gasteiger partial charge in [-0.2, -0.15) is 11.8 Å². The zero-order valence-electron chi connectivity index (χ0n) is 11.7. The maximum Gasteiger partial charge on any atom is 0.127 e. The molecule has 19 heavy (non-hydrogen) atoms. The summed E-state index contributed by atoms with van der Waals surface area (Å²) in [5, 5.41) is 3.51. The molecule has 0 spiro atoms. The Bertz CT molecular complexity index is 429. The van der Waals surface area contributed by atoms with Crippen molar-refractivity contribution < 1.29 is 4.74 Å². The van der Waals surface area contributed by atoms with Gasteiger partial charge in [0, 0.05) is 18.0 Å². The van der Waals surface area contributed by atoms with Gasteiger partial charge < -0.3 is 10.1 Å². The molecule has 1 aromatic rings. The van der Waals surface area contributed by atoms with Gasteiger partial charge in [0.25, 0.3) is 0 Å². The van der Waals surface area contributed by atoms with Crippen molar-refractivity contribution in [2.24, 2.45) is 5.92 Å². The first-order valence-electron chi connectivity index (χ1n) is 7.38. The van der Waals surface area contributed by atoms with Gasteiger partial charge in [-0.25, -0.2) is 0 Å². The fourth-order valence-electron chi connectivity index (χ4n) is 3.23. The molecule has 0 saturated carbocycles. The largest absolute Gasteiger partial charge is 0.493 e. The number of fused-ring (bicyclic) bond motifs is 1. The van der Waals surface area contributed by atoms with Crippen LogP contribution in [0.15, 0.2) is 18.2 Å². The molecule has 1 unspecified atom stereocenters. The Balaban J connectivity index is 1.76. The lowest BCUT2D eigenvalue weighted by molar-refractivity contribution is 0.337. The first-order chi connectivity index (χ1) is 9.38. The zero-order valence-corrected chi connectivity index (χ0v) is 12.5. The third-order valence-corrected chi connectivity index (χ3v) is 5.43. The van der Waals surface area contributed by atoms with E-state index < -0.39 is 0 Å². The predicted molar refractivity (Wildman–Crippen MR) is 82.1 cm³/mol. The molecule has 2 aliphatic rings. The minimum Gasteiger partial charge on any atom is -0.493 e. The van der Waals surface area contributed by atoms with Gasteiger partial charge in [-0.3, -0.25) is 0 Å². The Morgan fingerprint density at radius 2 is 2.21 bits per heavy atom. The molecular formula is C16H23NOS. The van der Waals surface area contributed by atoms with Crippen LogP contribution >= 0.6 is 11.8 Å². The number of nitrogens with one attached hydrogen (secondary N) is 1. The maximum absolute atomic E-state index is 5.86. The quantitative estimate of drug-likeness (QED) is 0.911. The molecule has 0 radical (unpaired) electrons. The lowest BCUT2D eigenvalue weighted by atomic mass is 9.90. The van der Waals surface area contributed by atoms with E-state index in [4.69, 9.17) is 4.74 Å². The Kier molecular flexibility index (Phi) is 4.34. The smallest absolute Gasteiger partial charge is 0.127 e. The van der Waals surface area contributed by atoms with Crippen molar-refractivity contribution in [3.63, 3.8) is 0 Å². The minimum absolute atomic E-state index is 0.446. The molecule has 0 amide bonds. The van der Waals surface area contributed by atoms with Crippen molar-refractivity contribution >= 4 is 11.8 Å². The lowest BCUT2D eigenvalue weighted by Gasteiger charge is -2.27. The number of ether oxygens (including phenoxy) is 1. The number of para-hydroxylation sites is 1. The van der Waals surface area contributed by atoms with Gasteiger partial charge in [-0.05, 0) is 49.3 Å². The predicted octanol–water partition coefficient (Wildman–Crippen LogP) is 3.42. The molecule has 3 rings (SSSR count). The van der Waals surface area contributed by atoms with Crippen LogP contribution in [0.25, 0.3) is 0 Å². The topological polar surface area (TPSA) is 21.3 Å². The molecule has 1 aromatic carbocycles. The van der Waals surface area contributed by atoms with E-state index in [-0.39, 0.29) is 0 Å². The molecule has 2 aliphatic heterocycles. The Labute approximate surface area is 120 Å². The van der Waals surface area contributed by atoms with E-state index in [1.165, 1.54) is 41.9 Å². The molecular weight excluding hydrogens is 254 g/mol. The molecule has 2 heterocycles. The minimum atomic E-state index is 0.446. The van der Waals surface area contributed by atoms with E-state index in [0.717, 1.165) is 24.7 Å². The summed E-state index contributed by atoms with van der Waals surface area (Å²) in [5.74, 6) is 4.71. The molecule has 1 N–H and O–H groups in total. The lowest BCUT2D eigenvalue weighted by Crippen LogP contribution is -2.22. The fourth-order valence-corrected chi connectivity index (χ4v) is 4.43. The Morgan fingerprint density at radius 1 is 1.37 bits per heavy atom.